The number of rotatable bonds is 6. The number of aliphatic imine (C=N–C) groups is 1. The Kier molecular flexibility index (Phi) is 9.01. The molecule has 1 fully saturated rings. The van der Waals surface area contributed by atoms with Gasteiger partial charge in [0.25, 0.3) is 0 Å². The highest BCUT2D eigenvalue weighted by Gasteiger charge is 2.22. The number of guanidine groups is 1. The molecule has 0 unspecified atom stereocenters. The molecule has 1 aromatic rings. The molecule has 0 heterocycles. The van der Waals surface area contributed by atoms with Crippen molar-refractivity contribution in [2.24, 2.45) is 4.99 Å². The SMILES string of the molecule is CCNC(=NCc1ccc(Cl)cc1Cl)NCC(=O)NC1CC1.I. The second kappa shape index (κ2) is 10.2. The maximum Gasteiger partial charge on any atom is 0.239 e. The fraction of sp³-hybridized carbons (Fsp3) is 0.467. The van der Waals surface area contributed by atoms with Gasteiger partial charge in [0.2, 0.25) is 5.91 Å². The number of carbonyl (C=O) groups is 1. The number of nitrogens with zero attached hydrogens (tertiary/aromatic N) is 1. The quantitative estimate of drug-likeness (QED) is 0.340. The zero-order chi connectivity index (χ0) is 15.9. The molecule has 1 aromatic carbocycles. The Bertz CT molecular complexity index is 564. The highest BCUT2D eigenvalue weighted by atomic mass is 127. The van der Waals surface area contributed by atoms with E-state index in [0.717, 1.165) is 18.4 Å². The highest BCUT2D eigenvalue weighted by Crippen LogP contribution is 2.21. The van der Waals surface area contributed by atoms with Crippen molar-refractivity contribution in [1.29, 1.82) is 0 Å². The summed E-state index contributed by atoms with van der Waals surface area (Å²) < 4.78 is 0. The molecule has 0 saturated heterocycles. The van der Waals surface area contributed by atoms with Gasteiger partial charge in [0.15, 0.2) is 5.96 Å². The Morgan fingerprint density at radius 1 is 1.30 bits per heavy atom. The number of benzene rings is 1. The summed E-state index contributed by atoms with van der Waals surface area (Å²) in [5.74, 6) is 0.567. The van der Waals surface area contributed by atoms with Crippen LogP contribution in [-0.2, 0) is 11.3 Å². The van der Waals surface area contributed by atoms with Gasteiger partial charge >= 0.3 is 0 Å². The molecule has 23 heavy (non-hydrogen) atoms. The van der Waals surface area contributed by atoms with E-state index in [9.17, 15) is 4.79 Å². The summed E-state index contributed by atoms with van der Waals surface area (Å²) in [5.41, 5.74) is 0.880. The molecule has 5 nitrogen and oxygen atoms in total. The smallest absolute Gasteiger partial charge is 0.239 e. The number of hydrogen-bond acceptors (Lipinski definition) is 2. The van der Waals surface area contributed by atoms with Crippen LogP contribution in [0.4, 0.5) is 0 Å². The number of carbonyl (C=O) groups excluding carboxylic acids is 1. The van der Waals surface area contributed by atoms with Crippen LogP contribution >= 0.6 is 47.2 Å². The predicted molar refractivity (Wildman–Crippen MR) is 106 cm³/mol. The van der Waals surface area contributed by atoms with Crippen molar-refractivity contribution in [3.63, 3.8) is 0 Å². The van der Waals surface area contributed by atoms with Crippen molar-refractivity contribution in [2.45, 2.75) is 32.4 Å². The summed E-state index contributed by atoms with van der Waals surface area (Å²) in [6.45, 7) is 3.30. The standard InChI is InChI=1S/C15H20Cl2N4O.HI/c1-2-18-15(20-9-14(22)21-12-5-6-12)19-8-10-3-4-11(16)7-13(10)17;/h3-4,7,12H,2,5-6,8-9H2,1H3,(H,21,22)(H2,18,19,20);1H. The van der Waals surface area contributed by atoms with Crippen molar-refractivity contribution >= 4 is 59.0 Å². The van der Waals surface area contributed by atoms with Gasteiger partial charge < -0.3 is 16.0 Å². The number of hydrogen-bond donors (Lipinski definition) is 3. The summed E-state index contributed by atoms with van der Waals surface area (Å²) >= 11 is 12.0. The fourth-order valence-electron chi connectivity index (χ4n) is 1.83. The highest BCUT2D eigenvalue weighted by molar-refractivity contribution is 14.0. The van der Waals surface area contributed by atoms with Gasteiger partial charge in [-0.2, -0.15) is 0 Å². The van der Waals surface area contributed by atoms with E-state index in [1.807, 2.05) is 13.0 Å². The van der Waals surface area contributed by atoms with Gasteiger partial charge in [-0.1, -0.05) is 29.3 Å². The van der Waals surface area contributed by atoms with E-state index in [0.29, 0.717) is 35.1 Å². The molecule has 1 aliphatic rings. The average molecular weight is 471 g/mol. The van der Waals surface area contributed by atoms with Crippen LogP contribution in [-0.4, -0.2) is 31.0 Å². The van der Waals surface area contributed by atoms with E-state index in [2.05, 4.69) is 20.9 Å². The van der Waals surface area contributed by atoms with Crippen LogP contribution in [0.25, 0.3) is 0 Å². The Hall–Kier alpha value is -0.730. The summed E-state index contributed by atoms with van der Waals surface area (Å²) in [5, 5.41) is 10.2. The maximum absolute atomic E-state index is 11.7. The molecule has 1 aliphatic carbocycles. The van der Waals surface area contributed by atoms with Crippen LogP contribution in [0.3, 0.4) is 0 Å². The van der Waals surface area contributed by atoms with Gasteiger partial charge in [0, 0.05) is 22.6 Å². The third-order valence-electron chi connectivity index (χ3n) is 3.13. The van der Waals surface area contributed by atoms with Crippen molar-refractivity contribution in [3.05, 3.63) is 33.8 Å². The van der Waals surface area contributed by atoms with E-state index in [-0.39, 0.29) is 36.4 Å². The monoisotopic (exact) mass is 470 g/mol. The van der Waals surface area contributed by atoms with E-state index < -0.39 is 0 Å². The zero-order valence-electron chi connectivity index (χ0n) is 12.9. The molecule has 0 aliphatic heterocycles. The van der Waals surface area contributed by atoms with Gasteiger partial charge in [-0.3, -0.25) is 4.79 Å². The molecule has 3 N–H and O–H groups in total. The van der Waals surface area contributed by atoms with Crippen molar-refractivity contribution < 1.29 is 4.79 Å². The first kappa shape index (κ1) is 20.3. The molecule has 1 saturated carbocycles. The summed E-state index contributed by atoms with van der Waals surface area (Å²) in [6, 6.07) is 5.68. The van der Waals surface area contributed by atoms with E-state index in [1.54, 1.807) is 12.1 Å². The molecular formula is C15H21Cl2IN4O. The Balaban J connectivity index is 0.00000264. The lowest BCUT2D eigenvalue weighted by Crippen LogP contribution is -2.43. The molecule has 2 rings (SSSR count). The molecule has 0 bridgehead atoms. The van der Waals surface area contributed by atoms with Crippen LogP contribution < -0.4 is 16.0 Å². The minimum atomic E-state index is -0.0161. The molecule has 1 amide bonds. The molecule has 128 valence electrons. The lowest BCUT2D eigenvalue weighted by molar-refractivity contribution is -0.120. The normalized spacial score (nSPS) is 14.0. The molecule has 0 atom stereocenters. The molecular weight excluding hydrogens is 450 g/mol. The van der Waals surface area contributed by atoms with Crippen molar-refractivity contribution in [2.75, 3.05) is 13.1 Å². The second-order valence-electron chi connectivity index (χ2n) is 5.13. The van der Waals surface area contributed by atoms with Gasteiger partial charge in [-0.15, -0.1) is 24.0 Å². The van der Waals surface area contributed by atoms with Crippen molar-refractivity contribution in [3.8, 4) is 0 Å². The lowest BCUT2D eigenvalue weighted by Gasteiger charge is -2.11. The zero-order valence-corrected chi connectivity index (χ0v) is 16.7. The van der Waals surface area contributed by atoms with Crippen LogP contribution in [0.1, 0.15) is 25.3 Å². The number of halogens is 3. The van der Waals surface area contributed by atoms with Crippen LogP contribution in [0.15, 0.2) is 23.2 Å². The van der Waals surface area contributed by atoms with E-state index >= 15 is 0 Å². The average Bonchev–Trinajstić information content (AvgIpc) is 3.27. The Morgan fingerprint density at radius 2 is 2.04 bits per heavy atom. The minimum Gasteiger partial charge on any atom is -0.357 e. The lowest BCUT2D eigenvalue weighted by atomic mass is 10.2. The third kappa shape index (κ3) is 7.58. The Morgan fingerprint density at radius 3 is 2.65 bits per heavy atom. The Labute approximate surface area is 163 Å². The first-order valence-corrected chi connectivity index (χ1v) is 8.09. The van der Waals surface area contributed by atoms with Crippen LogP contribution in [0, 0.1) is 0 Å². The van der Waals surface area contributed by atoms with Crippen LogP contribution in [0.2, 0.25) is 10.0 Å². The predicted octanol–water partition coefficient (Wildman–Crippen LogP) is 2.95. The second-order valence-corrected chi connectivity index (χ2v) is 5.97. The molecule has 0 radical (unpaired) electrons. The summed E-state index contributed by atoms with van der Waals surface area (Å²) in [6.07, 6.45) is 2.16. The molecule has 8 heteroatoms. The fourth-order valence-corrected chi connectivity index (χ4v) is 2.29. The van der Waals surface area contributed by atoms with E-state index in [1.165, 1.54) is 0 Å². The third-order valence-corrected chi connectivity index (χ3v) is 3.71. The van der Waals surface area contributed by atoms with Gasteiger partial charge in [0.1, 0.15) is 0 Å². The molecule has 0 spiro atoms. The largest absolute Gasteiger partial charge is 0.357 e. The van der Waals surface area contributed by atoms with E-state index in [4.69, 9.17) is 23.2 Å². The van der Waals surface area contributed by atoms with Gasteiger partial charge in [0.05, 0.1) is 13.1 Å². The maximum atomic E-state index is 11.7. The summed E-state index contributed by atoms with van der Waals surface area (Å²) in [7, 11) is 0. The summed E-state index contributed by atoms with van der Waals surface area (Å²) in [4.78, 5) is 16.1. The number of nitrogens with one attached hydrogen (secondary N) is 3. The number of amides is 1. The van der Waals surface area contributed by atoms with Gasteiger partial charge in [-0.05, 0) is 37.5 Å². The van der Waals surface area contributed by atoms with Crippen molar-refractivity contribution in [1.82, 2.24) is 16.0 Å². The first-order chi connectivity index (χ1) is 10.6. The van der Waals surface area contributed by atoms with Crippen LogP contribution in [0.5, 0.6) is 0 Å². The first-order valence-electron chi connectivity index (χ1n) is 7.34. The molecule has 0 aromatic heterocycles. The minimum absolute atomic E-state index is 0. The topological polar surface area (TPSA) is 65.5 Å². The van der Waals surface area contributed by atoms with Gasteiger partial charge in [-0.25, -0.2) is 4.99 Å².